The Hall–Kier alpha value is -1.81. The van der Waals surface area contributed by atoms with Crippen LogP contribution in [0.1, 0.15) is 31.3 Å². The zero-order valence-electron chi connectivity index (χ0n) is 14.1. The standard InChI is InChI=1S/C20H23NO2.ClH/c1-3-22-20(16-9-5-4-6-10-16)15(2)21-14-18-13-17-11-7-8-12-19(17)23-18;/h4-13,15,20-21H,3,14H2,1-2H3;1H. The summed E-state index contributed by atoms with van der Waals surface area (Å²) in [5, 5.41) is 3.44. The Labute approximate surface area is 149 Å². The molecule has 2 N–H and O–H groups in total. The molecule has 2 unspecified atom stereocenters. The van der Waals surface area contributed by atoms with Crippen molar-refractivity contribution in [2.75, 3.05) is 6.61 Å². The molecule has 0 bridgehead atoms. The first kappa shape index (κ1) is 18.5. The molecule has 24 heavy (non-hydrogen) atoms. The molecular weight excluding hydrogens is 322 g/mol. The Kier molecular flexibility index (Phi) is 6.85. The summed E-state index contributed by atoms with van der Waals surface area (Å²) in [7, 11) is 0. The van der Waals surface area contributed by atoms with Crippen molar-refractivity contribution in [1.29, 1.82) is 0 Å². The van der Waals surface area contributed by atoms with Crippen LogP contribution >= 0.6 is 0 Å². The van der Waals surface area contributed by atoms with Crippen molar-refractivity contribution < 1.29 is 26.9 Å². The molecule has 2 aromatic carbocycles. The number of benzene rings is 2. The van der Waals surface area contributed by atoms with Crippen LogP contribution < -0.4 is 17.7 Å². The third kappa shape index (κ3) is 4.38. The predicted octanol–water partition coefficient (Wildman–Crippen LogP) is 0.667. The Morgan fingerprint density at radius 1 is 1.04 bits per heavy atom. The molecule has 0 radical (unpaired) electrons. The lowest BCUT2D eigenvalue weighted by atomic mass is 10.0. The fourth-order valence-corrected chi connectivity index (χ4v) is 2.94. The zero-order chi connectivity index (χ0) is 16.1. The van der Waals surface area contributed by atoms with Crippen LogP contribution in [0.2, 0.25) is 0 Å². The summed E-state index contributed by atoms with van der Waals surface area (Å²) >= 11 is 0. The number of furan rings is 1. The minimum absolute atomic E-state index is 0. The molecule has 0 aliphatic heterocycles. The van der Waals surface area contributed by atoms with E-state index in [0.717, 1.165) is 23.3 Å². The molecule has 0 saturated heterocycles. The zero-order valence-corrected chi connectivity index (χ0v) is 14.9. The Balaban J connectivity index is 0.00000208. The van der Waals surface area contributed by atoms with Crippen molar-refractivity contribution in [3.63, 3.8) is 0 Å². The number of hydrogen-bond donors (Lipinski definition) is 1. The number of ether oxygens (including phenoxy) is 1. The Bertz CT molecular complexity index is 708. The summed E-state index contributed by atoms with van der Waals surface area (Å²) in [6.45, 7) is 5.77. The minimum Gasteiger partial charge on any atom is -1.00 e. The molecule has 2 atom stereocenters. The van der Waals surface area contributed by atoms with Crippen LogP contribution in [0.25, 0.3) is 11.0 Å². The van der Waals surface area contributed by atoms with Gasteiger partial charge in [0, 0.05) is 12.0 Å². The van der Waals surface area contributed by atoms with E-state index >= 15 is 0 Å². The smallest absolute Gasteiger partial charge is 0.159 e. The van der Waals surface area contributed by atoms with Crippen LogP contribution in [-0.2, 0) is 11.3 Å². The molecule has 0 aliphatic rings. The predicted molar refractivity (Wildman–Crippen MR) is 92.1 cm³/mol. The molecule has 1 heterocycles. The van der Waals surface area contributed by atoms with Gasteiger partial charge in [-0.1, -0.05) is 48.5 Å². The normalized spacial score (nSPS) is 13.4. The van der Waals surface area contributed by atoms with E-state index in [1.165, 1.54) is 5.56 Å². The van der Waals surface area contributed by atoms with Gasteiger partial charge >= 0.3 is 0 Å². The molecule has 0 fully saturated rings. The van der Waals surface area contributed by atoms with Crippen LogP contribution in [0.4, 0.5) is 0 Å². The summed E-state index contributed by atoms with van der Waals surface area (Å²) in [5.74, 6) is 1.00. The highest BCUT2D eigenvalue weighted by molar-refractivity contribution is 5.77. The van der Waals surface area contributed by atoms with E-state index in [1.807, 2.05) is 31.2 Å². The molecule has 0 amide bonds. The van der Waals surface area contributed by atoms with E-state index in [4.69, 9.17) is 9.15 Å². The minimum atomic E-state index is 0. The van der Waals surface area contributed by atoms with Gasteiger partial charge in [0.25, 0.3) is 0 Å². The molecule has 3 aromatic rings. The summed E-state index contributed by atoms with van der Waals surface area (Å²) in [6, 6.07) is 21.0. The Morgan fingerprint density at radius 2 is 1.75 bits per heavy atom. The van der Waals surface area contributed by atoms with Crippen LogP contribution in [0.15, 0.2) is 65.1 Å². The number of fused-ring (bicyclic) bond motifs is 1. The number of rotatable bonds is 7. The number of hydrogen-bond acceptors (Lipinski definition) is 2. The second-order valence-corrected chi connectivity index (χ2v) is 5.84. The first-order valence-corrected chi connectivity index (χ1v) is 8.25. The van der Waals surface area contributed by atoms with Gasteiger partial charge in [-0.15, -0.1) is 0 Å². The maximum Gasteiger partial charge on any atom is 0.159 e. The largest absolute Gasteiger partial charge is 1.00 e. The van der Waals surface area contributed by atoms with E-state index < -0.39 is 0 Å². The molecule has 1 aromatic heterocycles. The maximum absolute atomic E-state index is 5.98. The van der Waals surface area contributed by atoms with E-state index in [0.29, 0.717) is 12.6 Å². The lowest BCUT2D eigenvalue weighted by Crippen LogP contribution is -3.00. The molecule has 0 aliphatic carbocycles. The average Bonchev–Trinajstić information content (AvgIpc) is 3.01. The second kappa shape index (κ2) is 8.88. The third-order valence-corrected chi connectivity index (χ3v) is 4.12. The van der Waals surface area contributed by atoms with Crippen molar-refractivity contribution in [2.24, 2.45) is 0 Å². The van der Waals surface area contributed by atoms with Gasteiger partial charge in [0.05, 0.1) is 0 Å². The van der Waals surface area contributed by atoms with Crippen molar-refractivity contribution in [3.05, 3.63) is 72.0 Å². The summed E-state index contributed by atoms with van der Waals surface area (Å²) in [5.41, 5.74) is 2.18. The van der Waals surface area contributed by atoms with E-state index in [-0.39, 0.29) is 18.5 Å². The maximum atomic E-state index is 5.98. The SMILES string of the molecule is CCOC(c1ccccc1)C(C)[NH2+]Cc1cc2ccccc2o1.[Cl-]. The first-order valence-electron chi connectivity index (χ1n) is 8.25. The fourth-order valence-electron chi connectivity index (χ4n) is 2.94. The fraction of sp³-hybridized carbons (Fsp3) is 0.300. The van der Waals surface area contributed by atoms with Crippen molar-refractivity contribution in [2.45, 2.75) is 32.5 Å². The van der Waals surface area contributed by atoms with Crippen LogP contribution in [-0.4, -0.2) is 12.6 Å². The molecule has 4 heteroatoms. The third-order valence-electron chi connectivity index (χ3n) is 4.12. The highest BCUT2D eigenvalue weighted by Gasteiger charge is 2.22. The molecular formula is C20H24ClNO2. The lowest BCUT2D eigenvalue weighted by molar-refractivity contribution is -0.711. The number of nitrogens with two attached hydrogens (primary N) is 1. The van der Waals surface area contributed by atoms with Crippen LogP contribution in [0.3, 0.4) is 0 Å². The van der Waals surface area contributed by atoms with Gasteiger partial charge in [-0.2, -0.15) is 0 Å². The van der Waals surface area contributed by atoms with E-state index in [9.17, 15) is 0 Å². The number of para-hydroxylation sites is 1. The van der Waals surface area contributed by atoms with E-state index in [1.54, 1.807) is 0 Å². The van der Waals surface area contributed by atoms with Crippen molar-refractivity contribution in [1.82, 2.24) is 0 Å². The van der Waals surface area contributed by atoms with Gasteiger partial charge in [-0.25, -0.2) is 0 Å². The van der Waals surface area contributed by atoms with Crippen LogP contribution in [0.5, 0.6) is 0 Å². The Morgan fingerprint density at radius 3 is 2.46 bits per heavy atom. The number of halogens is 1. The lowest BCUT2D eigenvalue weighted by Gasteiger charge is -2.22. The van der Waals surface area contributed by atoms with Crippen molar-refractivity contribution in [3.8, 4) is 0 Å². The topological polar surface area (TPSA) is 39.0 Å². The van der Waals surface area contributed by atoms with E-state index in [2.05, 4.69) is 48.6 Å². The molecule has 3 rings (SSSR count). The second-order valence-electron chi connectivity index (χ2n) is 5.84. The van der Waals surface area contributed by atoms with Gasteiger partial charge in [-0.05, 0) is 31.5 Å². The monoisotopic (exact) mass is 345 g/mol. The molecule has 0 spiro atoms. The van der Waals surface area contributed by atoms with Gasteiger partial charge < -0.3 is 26.9 Å². The van der Waals surface area contributed by atoms with Gasteiger partial charge in [-0.3, -0.25) is 0 Å². The average molecular weight is 346 g/mol. The van der Waals surface area contributed by atoms with Gasteiger partial charge in [0.1, 0.15) is 24.3 Å². The first-order chi connectivity index (χ1) is 11.3. The highest BCUT2D eigenvalue weighted by atomic mass is 35.5. The molecule has 0 saturated carbocycles. The van der Waals surface area contributed by atoms with Gasteiger partial charge in [0.15, 0.2) is 5.76 Å². The number of quaternary nitrogens is 1. The molecule has 3 nitrogen and oxygen atoms in total. The highest BCUT2D eigenvalue weighted by Crippen LogP contribution is 2.20. The quantitative estimate of drug-likeness (QED) is 0.683. The summed E-state index contributed by atoms with van der Waals surface area (Å²) in [6.07, 6.45) is 0.0885. The van der Waals surface area contributed by atoms with Crippen LogP contribution in [0, 0.1) is 0 Å². The summed E-state index contributed by atoms with van der Waals surface area (Å²) in [4.78, 5) is 0. The van der Waals surface area contributed by atoms with Crippen molar-refractivity contribution >= 4 is 11.0 Å². The van der Waals surface area contributed by atoms with Gasteiger partial charge in [0.2, 0.25) is 0 Å². The molecule has 128 valence electrons. The summed E-state index contributed by atoms with van der Waals surface area (Å²) < 4.78 is 11.9.